The zero-order valence-electron chi connectivity index (χ0n) is 45.5. The maximum Gasteiger partial charge on any atom is 0.329 e. The number of hydrogen-bond donors (Lipinski definition) is 3. The van der Waals surface area contributed by atoms with Crippen molar-refractivity contribution in [1.82, 2.24) is 4.90 Å². The third kappa shape index (κ3) is 14.4. The van der Waals surface area contributed by atoms with E-state index in [0.717, 1.165) is 5.57 Å². The summed E-state index contributed by atoms with van der Waals surface area (Å²) in [5.41, 5.74) is 1.53. The number of para-hydroxylation sites is 1. The summed E-state index contributed by atoms with van der Waals surface area (Å²) in [4.78, 5) is 79.9. The number of piperidine rings is 1. The number of benzene rings is 1. The van der Waals surface area contributed by atoms with Crippen molar-refractivity contribution in [3.63, 3.8) is 0 Å². The number of hydrogen-bond acceptors (Lipinski definition) is 15. The predicted molar refractivity (Wildman–Crippen MR) is 284 cm³/mol. The van der Waals surface area contributed by atoms with E-state index in [2.05, 4.69) is 0 Å². The summed E-state index contributed by atoms with van der Waals surface area (Å²) in [5, 5.41) is 36.8. The number of carbonyl (C=O) groups excluding carboxylic acids is 5. The molecular formula is C57H82Cl2N2O14. The van der Waals surface area contributed by atoms with E-state index in [0.29, 0.717) is 79.1 Å². The van der Waals surface area contributed by atoms with E-state index >= 15 is 0 Å². The first-order valence-electron chi connectivity index (χ1n) is 26.9. The molecule has 2 saturated heterocycles. The minimum atomic E-state index is -2.50. The number of carbonyl (C=O) groups is 5. The van der Waals surface area contributed by atoms with Gasteiger partial charge < -0.3 is 43.9 Å². The Morgan fingerprint density at radius 3 is 2.21 bits per heavy atom. The summed E-state index contributed by atoms with van der Waals surface area (Å²) < 4.78 is 29.8. The van der Waals surface area contributed by atoms with Gasteiger partial charge in [0.05, 0.1) is 40.5 Å². The molecule has 75 heavy (non-hydrogen) atoms. The molecule has 0 radical (unpaired) electrons. The van der Waals surface area contributed by atoms with E-state index in [9.17, 15) is 39.3 Å². The number of aliphatic hydroxyl groups excluding tert-OH is 2. The number of amides is 1. The molecule has 1 aliphatic carbocycles. The number of Topliss-reactive ketones (excluding diaryl/α,β-unsaturated/α-hetero) is 3. The van der Waals surface area contributed by atoms with Gasteiger partial charge in [0.1, 0.15) is 41.9 Å². The van der Waals surface area contributed by atoms with E-state index in [-0.39, 0.29) is 61.2 Å². The molecule has 7 rings (SSSR count). The Bertz CT molecular complexity index is 2250. The number of halogens is 2. The van der Waals surface area contributed by atoms with E-state index in [1.807, 2.05) is 39.0 Å². The first-order valence-corrected chi connectivity index (χ1v) is 27.7. The quantitative estimate of drug-likeness (QED) is 0.134. The molecule has 16 nitrogen and oxygen atoms in total. The lowest BCUT2D eigenvalue weighted by atomic mass is 9.78. The summed E-state index contributed by atoms with van der Waals surface area (Å²) in [6.45, 7) is 12.6. The number of nitrogens with zero attached hydrogens (tertiary/aromatic N) is 2. The summed E-state index contributed by atoms with van der Waals surface area (Å²) in [7, 11) is 4.47. The van der Waals surface area contributed by atoms with E-state index in [4.69, 9.17) is 51.7 Å². The topological polar surface area (TPSA) is 208 Å². The highest BCUT2D eigenvalue weighted by molar-refractivity contribution is 6.39. The van der Waals surface area contributed by atoms with Gasteiger partial charge in [-0.05, 0) is 125 Å². The first kappa shape index (κ1) is 60.7. The molecule has 4 bridgehead atoms. The normalized spacial score (nSPS) is 37.2. The zero-order chi connectivity index (χ0) is 55.1. The molecule has 0 spiro atoms. The van der Waals surface area contributed by atoms with Crippen LogP contribution in [0.4, 0.5) is 5.69 Å². The Hall–Kier alpha value is -3.55. The number of esters is 1. The molecule has 0 aromatic heterocycles. The number of methoxy groups -OCH3 is 3. The molecule has 17 atom stereocenters. The van der Waals surface area contributed by atoms with Crippen molar-refractivity contribution in [1.29, 1.82) is 0 Å². The number of aliphatic hydroxyl groups is 3. The number of ether oxygens (including phenoxy) is 5. The monoisotopic (exact) mass is 1090 g/mol. The minimum absolute atomic E-state index is 0.0561. The van der Waals surface area contributed by atoms with Crippen LogP contribution in [-0.4, -0.2) is 144 Å². The Labute approximate surface area is 453 Å². The zero-order valence-corrected chi connectivity index (χ0v) is 47.0. The maximum atomic E-state index is 14.5. The molecule has 3 fully saturated rings. The highest BCUT2D eigenvalue weighted by Crippen LogP contribution is 2.41. The molecule has 1 aromatic rings. The van der Waals surface area contributed by atoms with Crippen LogP contribution in [0.2, 0.25) is 10.0 Å². The molecular weight excluding hydrogens is 1010 g/mol. The van der Waals surface area contributed by atoms with Gasteiger partial charge in [-0.15, -0.1) is 0 Å². The molecule has 5 aliphatic heterocycles. The van der Waals surface area contributed by atoms with Gasteiger partial charge in [0.2, 0.25) is 5.79 Å². The van der Waals surface area contributed by atoms with Gasteiger partial charge in [-0.25, -0.2) is 9.86 Å². The number of rotatable bonds is 7. The van der Waals surface area contributed by atoms with Crippen LogP contribution < -0.4 is 5.06 Å². The average Bonchev–Trinajstić information content (AvgIpc) is 3.38. The number of fused-ring (bicyclic) bond motifs is 16. The minimum Gasteiger partial charge on any atom is -0.460 e. The Morgan fingerprint density at radius 1 is 0.840 bits per heavy atom. The maximum absolute atomic E-state index is 14.5. The molecule has 6 aliphatic rings. The summed E-state index contributed by atoms with van der Waals surface area (Å²) in [5.74, 6) is -8.85. The highest BCUT2D eigenvalue weighted by atomic mass is 35.5. The van der Waals surface area contributed by atoms with Crippen LogP contribution in [0.5, 0.6) is 0 Å². The van der Waals surface area contributed by atoms with Gasteiger partial charge in [-0.3, -0.25) is 24.0 Å². The molecule has 3 unspecified atom stereocenters. The average molecular weight is 1090 g/mol. The smallest absolute Gasteiger partial charge is 0.329 e. The van der Waals surface area contributed by atoms with E-state index in [1.165, 1.54) is 12.0 Å². The van der Waals surface area contributed by atoms with Gasteiger partial charge in [-0.2, -0.15) is 0 Å². The second-order valence-corrected chi connectivity index (χ2v) is 23.0. The third-order valence-corrected chi connectivity index (χ3v) is 17.2. The van der Waals surface area contributed by atoms with Gasteiger partial charge in [-0.1, -0.05) is 82.1 Å². The molecule has 5 heterocycles. The van der Waals surface area contributed by atoms with Crippen LogP contribution in [0.15, 0.2) is 53.6 Å². The van der Waals surface area contributed by atoms with Crippen LogP contribution >= 0.6 is 23.2 Å². The summed E-state index contributed by atoms with van der Waals surface area (Å²) in [6, 6.07) is 3.51. The predicted octanol–water partition coefficient (Wildman–Crippen LogP) is 8.12. The second kappa shape index (κ2) is 26.9. The van der Waals surface area contributed by atoms with Crippen molar-refractivity contribution in [3.05, 3.63) is 63.7 Å². The van der Waals surface area contributed by atoms with Crippen molar-refractivity contribution in [2.45, 2.75) is 192 Å². The molecule has 418 valence electrons. The van der Waals surface area contributed by atoms with Crippen LogP contribution in [0.1, 0.15) is 126 Å². The SMILES string of the molecule is CO[C@H]1C[C@@H]2CC[C@@H](C)[C@@](O)(O2)C(=O)C(=O)N2CCCCC2C(=O)O[C@H]([C@H](C)C[C@@H]2CC[C@@H](O)[C@H](OC)C2)CC(=O)[C@H](C)C=C(C)[C@@H](O)[C@@H](OC)C(=O)[C@H](C)C[C@H](C)C2C=CC(C=C1C)ON2c1c(Cl)cccc1Cl. The lowest BCUT2D eigenvalue weighted by Gasteiger charge is -2.43. The largest absolute Gasteiger partial charge is 0.460 e. The van der Waals surface area contributed by atoms with Gasteiger partial charge in [0.25, 0.3) is 11.7 Å². The number of hydroxylamine groups is 1. The standard InChI is InChI=1S/C57H82Cl2N2O14/c1-31-24-35(5)51(64)53(72-10)52(65)36(6)25-32(2)46(63)30-48(33(3)26-38-18-22-45(62)49(28-38)71-9)73-56(68)44-16-11-12-23-60(44)55(67)54(66)57(69)37(7)17-19-39(74-57)29-47(70-8)34(4)27-40-20-21-43(31)61(75-40)50-41(58)14-13-15-42(50)59/h13-15,20-21,25,27,31-33,35,37-40,43-45,47-49,52-53,62,65,69H,11-12,16-19,22-24,26,28-30H2,1-10H3/t31-,32+,33+,35+,37+,38-,39-,40?,43?,44?,45+,47-,48-,49+,52+,53-,57+/m0/s1. The summed E-state index contributed by atoms with van der Waals surface area (Å²) >= 11 is 13.6. The van der Waals surface area contributed by atoms with Crippen LogP contribution in [0.3, 0.4) is 0 Å². The summed E-state index contributed by atoms with van der Waals surface area (Å²) in [6.07, 6.45) is 5.60. The van der Waals surface area contributed by atoms with Gasteiger partial charge in [0.15, 0.2) is 5.78 Å². The first-order chi connectivity index (χ1) is 35.5. The fourth-order valence-corrected chi connectivity index (χ4v) is 12.4. The highest BCUT2D eigenvalue weighted by Gasteiger charge is 2.53. The van der Waals surface area contributed by atoms with Crippen LogP contribution in [-0.2, 0) is 52.5 Å². The lowest BCUT2D eigenvalue weighted by Crippen LogP contribution is -2.61. The Morgan fingerprint density at radius 2 is 1.55 bits per heavy atom. The molecule has 18 heteroatoms. The van der Waals surface area contributed by atoms with Crippen molar-refractivity contribution < 1.29 is 67.8 Å². The number of allylic oxidation sites excluding steroid dienone is 1. The second-order valence-electron chi connectivity index (χ2n) is 22.2. The molecule has 1 saturated carbocycles. The number of anilines is 1. The lowest BCUT2D eigenvalue weighted by molar-refractivity contribution is -0.265. The fraction of sp³-hybridized carbons (Fsp3) is 0.702. The molecule has 1 amide bonds. The molecule has 3 N–H and O–H groups in total. The fourth-order valence-electron chi connectivity index (χ4n) is 11.9. The Kier molecular flexibility index (Phi) is 21.7. The van der Waals surface area contributed by atoms with Crippen molar-refractivity contribution in [3.8, 4) is 0 Å². The third-order valence-electron chi connectivity index (χ3n) is 16.6. The van der Waals surface area contributed by atoms with Crippen molar-refractivity contribution in [2.24, 2.45) is 35.5 Å². The molecule has 1 aromatic carbocycles. The van der Waals surface area contributed by atoms with Gasteiger partial charge in [0, 0.05) is 58.5 Å². The number of ketones is 3. The van der Waals surface area contributed by atoms with Crippen LogP contribution in [0, 0.1) is 35.5 Å². The van der Waals surface area contributed by atoms with E-state index < -0.39 is 96.0 Å². The van der Waals surface area contributed by atoms with Crippen molar-refractivity contribution in [2.75, 3.05) is 32.9 Å². The Balaban J connectivity index is 1.37. The van der Waals surface area contributed by atoms with Gasteiger partial charge >= 0.3 is 5.97 Å². The van der Waals surface area contributed by atoms with E-state index in [1.54, 1.807) is 71.3 Å². The van der Waals surface area contributed by atoms with Crippen LogP contribution in [0.25, 0.3) is 0 Å². The van der Waals surface area contributed by atoms with Crippen molar-refractivity contribution >= 4 is 58.1 Å².